The standard InChI is InChI=1S/C16H18N2O3/c1-3-10-18(11-14(19)21-4-2)16(20)13-7-5-6-12-8-9-17-15(12)13/h3,5-9,17H,1,4,10-11H2,2H3. The van der Waals surface area contributed by atoms with Gasteiger partial charge in [-0.1, -0.05) is 18.2 Å². The second-order valence-electron chi connectivity index (χ2n) is 4.53. The summed E-state index contributed by atoms with van der Waals surface area (Å²) in [6, 6.07) is 7.38. The topological polar surface area (TPSA) is 62.4 Å². The van der Waals surface area contributed by atoms with Crippen LogP contribution in [0.25, 0.3) is 10.9 Å². The van der Waals surface area contributed by atoms with Crippen LogP contribution in [0.15, 0.2) is 43.1 Å². The molecule has 0 saturated heterocycles. The molecule has 0 saturated carbocycles. The van der Waals surface area contributed by atoms with Crippen LogP contribution in [0.1, 0.15) is 17.3 Å². The van der Waals surface area contributed by atoms with Crippen LogP contribution in [0.3, 0.4) is 0 Å². The Labute approximate surface area is 123 Å². The highest BCUT2D eigenvalue weighted by molar-refractivity contribution is 6.06. The van der Waals surface area contributed by atoms with Gasteiger partial charge in [-0.2, -0.15) is 0 Å². The summed E-state index contributed by atoms with van der Waals surface area (Å²) in [5.74, 6) is -0.651. The molecule has 0 atom stereocenters. The van der Waals surface area contributed by atoms with Crippen molar-refractivity contribution in [3.05, 3.63) is 48.7 Å². The number of hydrogen-bond donors (Lipinski definition) is 1. The summed E-state index contributed by atoms with van der Waals surface area (Å²) in [5, 5.41) is 0.954. The minimum Gasteiger partial charge on any atom is -0.465 e. The lowest BCUT2D eigenvalue weighted by molar-refractivity contribution is -0.143. The molecule has 110 valence electrons. The van der Waals surface area contributed by atoms with Crippen LogP contribution in [-0.4, -0.2) is 41.5 Å². The zero-order valence-corrected chi connectivity index (χ0v) is 12.0. The summed E-state index contributed by atoms with van der Waals surface area (Å²) in [7, 11) is 0. The van der Waals surface area contributed by atoms with E-state index in [0.29, 0.717) is 12.2 Å². The maximum absolute atomic E-state index is 12.6. The van der Waals surface area contributed by atoms with Gasteiger partial charge in [0, 0.05) is 18.1 Å². The van der Waals surface area contributed by atoms with Crippen LogP contribution >= 0.6 is 0 Å². The highest BCUT2D eigenvalue weighted by Crippen LogP contribution is 2.18. The predicted molar refractivity (Wildman–Crippen MR) is 81.0 cm³/mol. The van der Waals surface area contributed by atoms with Gasteiger partial charge in [0.2, 0.25) is 0 Å². The third-order valence-corrected chi connectivity index (χ3v) is 3.08. The molecule has 2 aromatic rings. The number of hydrogen-bond acceptors (Lipinski definition) is 3. The Morgan fingerprint density at radius 3 is 2.90 bits per heavy atom. The lowest BCUT2D eigenvalue weighted by Crippen LogP contribution is -2.36. The molecule has 0 aliphatic heterocycles. The fourth-order valence-corrected chi connectivity index (χ4v) is 2.17. The predicted octanol–water partition coefficient (Wildman–Crippen LogP) is 2.36. The van der Waals surface area contributed by atoms with Gasteiger partial charge in [-0.05, 0) is 19.1 Å². The molecule has 1 aromatic carbocycles. The first kappa shape index (κ1) is 14.8. The molecule has 0 aliphatic rings. The normalized spacial score (nSPS) is 10.3. The van der Waals surface area contributed by atoms with Crippen molar-refractivity contribution in [2.45, 2.75) is 6.92 Å². The number of nitrogens with zero attached hydrogens (tertiary/aromatic N) is 1. The van der Waals surface area contributed by atoms with Crippen LogP contribution in [0.2, 0.25) is 0 Å². The summed E-state index contributed by atoms with van der Waals surface area (Å²) < 4.78 is 4.90. The number of nitrogens with one attached hydrogen (secondary N) is 1. The third-order valence-electron chi connectivity index (χ3n) is 3.08. The number of H-pyrrole nitrogens is 1. The van der Waals surface area contributed by atoms with Crippen molar-refractivity contribution < 1.29 is 14.3 Å². The second kappa shape index (κ2) is 6.74. The quantitative estimate of drug-likeness (QED) is 0.655. The van der Waals surface area contributed by atoms with Gasteiger partial charge >= 0.3 is 5.97 Å². The molecule has 0 radical (unpaired) electrons. The van der Waals surface area contributed by atoms with Gasteiger partial charge in [-0.15, -0.1) is 6.58 Å². The third kappa shape index (κ3) is 3.31. The van der Waals surface area contributed by atoms with E-state index in [0.717, 1.165) is 10.9 Å². The summed E-state index contributed by atoms with van der Waals surface area (Å²) in [6.45, 7) is 5.85. The van der Waals surface area contributed by atoms with E-state index in [4.69, 9.17) is 4.74 Å². The van der Waals surface area contributed by atoms with Crippen LogP contribution in [-0.2, 0) is 9.53 Å². The van der Waals surface area contributed by atoms with Crippen molar-refractivity contribution in [3.63, 3.8) is 0 Å². The molecule has 1 aromatic heterocycles. The maximum atomic E-state index is 12.6. The Morgan fingerprint density at radius 2 is 2.19 bits per heavy atom. The molecule has 5 heteroatoms. The van der Waals surface area contributed by atoms with Gasteiger partial charge in [-0.3, -0.25) is 9.59 Å². The van der Waals surface area contributed by atoms with Gasteiger partial charge < -0.3 is 14.6 Å². The molecule has 0 spiro atoms. The molecule has 1 heterocycles. The molecule has 1 N–H and O–H groups in total. The molecule has 2 rings (SSSR count). The number of amides is 1. The van der Waals surface area contributed by atoms with Crippen molar-refractivity contribution in [2.75, 3.05) is 19.7 Å². The van der Waals surface area contributed by atoms with Crippen LogP contribution < -0.4 is 0 Å². The molecule has 0 aliphatic carbocycles. The van der Waals surface area contributed by atoms with E-state index < -0.39 is 5.97 Å². The summed E-state index contributed by atoms with van der Waals surface area (Å²) >= 11 is 0. The Balaban J connectivity index is 2.27. The van der Waals surface area contributed by atoms with Gasteiger partial charge in [0.15, 0.2) is 0 Å². The second-order valence-corrected chi connectivity index (χ2v) is 4.53. The number of rotatable bonds is 6. The zero-order chi connectivity index (χ0) is 15.2. The van der Waals surface area contributed by atoms with Gasteiger partial charge in [0.1, 0.15) is 6.54 Å². The van der Waals surface area contributed by atoms with Crippen molar-refractivity contribution in [1.82, 2.24) is 9.88 Å². The summed E-state index contributed by atoms with van der Waals surface area (Å²) in [6.07, 6.45) is 3.37. The van der Waals surface area contributed by atoms with Crippen LogP contribution in [0.4, 0.5) is 0 Å². The van der Waals surface area contributed by atoms with Crippen LogP contribution in [0.5, 0.6) is 0 Å². The minimum absolute atomic E-state index is 0.0875. The highest BCUT2D eigenvalue weighted by Gasteiger charge is 2.20. The van der Waals surface area contributed by atoms with Crippen molar-refractivity contribution in [1.29, 1.82) is 0 Å². The van der Waals surface area contributed by atoms with E-state index in [2.05, 4.69) is 11.6 Å². The number of fused-ring (bicyclic) bond motifs is 1. The lowest BCUT2D eigenvalue weighted by Gasteiger charge is -2.20. The van der Waals surface area contributed by atoms with E-state index in [9.17, 15) is 9.59 Å². The SMILES string of the molecule is C=CCN(CC(=O)OCC)C(=O)c1cccc2cc[nH]c12. The fraction of sp³-hybridized carbons (Fsp3) is 0.250. The van der Waals surface area contributed by atoms with E-state index >= 15 is 0 Å². The van der Waals surface area contributed by atoms with E-state index in [1.54, 1.807) is 25.3 Å². The van der Waals surface area contributed by atoms with E-state index in [-0.39, 0.29) is 19.0 Å². The smallest absolute Gasteiger partial charge is 0.325 e. The van der Waals surface area contributed by atoms with Gasteiger partial charge in [0.05, 0.1) is 17.7 Å². The molecular formula is C16H18N2O3. The Kier molecular flexibility index (Phi) is 4.77. The molecule has 5 nitrogen and oxygen atoms in total. The van der Waals surface area contributed by atoms with Crippen molar-refractivity contribution in [3.8, 4) is 0 Å². The highest BCUT2D eigenvalue weighted by atomic mass is 16.5. The number of ether oxygens (including phenoxy) is 1. The van der Waals surface area contributed by atoms with Gasteiger partial charge in [-0.25, -0.2) is 0 Å². The summed E-state index contributed by atoms with van der Waals surface area (Å²) in [4.78, 5) is 28.7. The maximum Gasteiger partial charge on any atom is 0.325 e. The Bertz CT molecular complexity index is 660. The molecule has 0 bridgehead atoms. The number of aromatic nitrogens is 1. The van der Waals surface area contributed by atoms with Crippen LogP contribution in [0, 0.1) is 0 Å². The fourth-order valence-electron chi connectivity index (χ4n) is 2.17. The minimum atomic E-state index is -0.425. The Morgan fingerprint density at radius 1 is 1.38 bits per heavy atom. The number of carbonyl (C=O) groups is 2. The molecule has 1 amide bonds. The first-order valence-corrected chi connectivity index (χ1v) is 6.79. The first-order chi connectivity index (χ1) is 10.2. The summed E-state index contributed by atoms with van der Waals surface area (Å²) in [5.41, 5.74) is 1.30. The zero-order valence-electron chi connectivity index (χ0n) is 12.0. The molecule has 21 heavy (non-hydrogen) atoms. The van der Waals surface area contributed by atoms with Gasteiger partial charge in [0.25, 0.3) is 5.91 Å². The molecule has 0 fully saturated rings. The van der Waals surface area contributed by atoms with E-state index in [1.807, 2.05) is 18.2 Å². The lowest BCUT2D eigenvalue weighted by atomic mass is 10.1. The molecule has 0 unspecified atom stereocenters. The van der Waals surface area contributed by atoms with Crippen molar-refractivity contribution >= 4 is 22.8 Å². The number of aromatic amines is 1. The number of benzene rings is 1. The number of para-hydroxylation sites is 1. The van der Waals surface area contributed by atoms with Crippen molar-refractivity contribution in [2.24, 2.45) is 0 Å². The molecular weight excluding hydrogens is 268 g/mol. The number of esters is 1. The monoisotopic (exact) mass is 286 g/mol. The number of carbonyl (C=O) groups excluding carboxylic acids is 2. The van der Waals surface area contributed by atoms with E-state index in [1.165, 1.54) is 4.90 Å². The first-order valence-electron chi connectivity index (χ1n) is 6.79. The average Bonchev–Trinajstić information content (AvgIpc) is 2.94. The largest absolute Gasteiger partial charge is 0.465 e. The Hall–Kier alpha value is -2.56. The average molecular weight is 286 g/mol.